The van der Waals surface area contributed by atoms with Crippen LogP contribution in [-0.4, -0.2) is 23.1 Å². The van der Waals surface area contributed by atoms with E-state index in [1.807, 2.05) is 7.05 Å². The quantitative estimate of drug-likeness (QED) is 0.811. The second kappa shape index (κ2) is 3.63. The van der Waals surface area contributed by atoms with Crippen LogP contribution in [0, 0.1) is 5.92 Å². The Hall–Kier alpha value is -0.830. The molecule has 2 heterocycles. The second-order valence-corrected chi connectivity index (χ2v) is 4.95. The molecule has 1 atom stereocenters. The van der Waals surface area contributed by atoms with Gasteiger partial charge in [0.25, 0.3) is 0 Å². The molecule has 3 nitrogen and oxygen atoms in total. The predicted octanol–water partition coefficient (Wildman–Crippen LogP) is 1.54. The summed E-state index contributed by atoms with van der Waals surface area (Å²) in [6, 6.07) is 0. The molecule has 0 bridgehead atoms. The number of nitrogens with one attached hydrogen (secondary N) is 1. The summed E-state index contributed by atoms with van der Waals surface area (Å²) < 4.78 is 2.48. The highest BCUT2D eigenvalue weighted by Gasteiger charge is 2.31. The average molecular weight is 205 g/mol. The number of hydrogen-bond donors (Lipinski definition) is 1. The molecule has 2 aliphatic rings. The van der Waals surface area contributed by atoms with Gasteiger partial charge in [-0.1, -0.05) is 0 Å². The topological polar surface area (TPSA) is 29.9 Å². The fourth-order valence-electron chi connectivity index (χ4n) is 2.69. The van der Waals surface area contributed by atoms with E-state index in [0.29, 0.717) is 0 Å². The second-order valence-electron chi connectivity index (χ2n) is 4.95. The van der Waals surface area contributed by atoms with Crippen LogP contribution in [0.4, 0.5) is 0 Å². The third-order valence-electron chi connectivity index (χ3n) is 3.66. The maximum atomic E-state index is 4.60. The summed E-state index contributed by atoms with van der Waals surface area (Å²) in [6.07, 6.45) is 7.34. The molecule has 1 N–H and O–H groups in total. The standard InChI is InChI=1S/C12H19N3/c1-13-7-9-4-5-15-11(6-9)8-14-12(15)10-2-3-10/h8-10,13H,2-7H2,1H3. The maximum Gasteiger partial charge on any atom is 0.111 e. The molecule has 3 heteroatoms. The van der Waals surface area contributed by atoms with Gasteiger partial charge in [-0.25, -0.2) is 4.98 Å². The van der Waals surface area contributed by atoms with Crippen molar-refractivity contribution in [2.24, 2.45) is 5.92 Å². The van der Waals surface area contributed by atoms with Crippen LogP contribution in [0.1, 0.15) is 36.7 Å². The lowest BCUT2D eigenvalue weighted by atomic mass is 9.96. The number of rotatable bonds is 3. The van der Waals surface area contributed by atoms with E-state index in [1.54, 1.807) is 0 Å². The lowest BCUT2D eigenvalue weighted by Gasteiger charge is -2.24. The molecule has 1 aliphatic carbocycles. The van der Waals surface area contributed by atoms with Crippen LogP contribution in [0.5, 0.6) is 0 Å². The Balaban J connectivity index is 1.79. The van der Waals surface area contributed by atoms with Crippen molar-refractivity contribution in [3.8, 4) is 0 Å². The molecule has 0 amide bonds. The van der Waals surface area contributed by atoms with Crippen molar-refractivity contribution < 1.29 is 0 Å². The molecule has 0 spiro atoms. The van der Waals surface area contributed by atoms with Gasteiger partial charge in [-0.15, -0.1) is 0 Å². The molecule has 1 saturated carbocycles. The lowest BCUT2D eigenvalue weighted by Crippen LogP contribution is -2.27. The zero-order valence-corrected chi connectivity index (χ0v) is 9.37. The summed E-state index contributed by atoms with van der Waals surface area (Å²) in [5.41, 5.74) is 1.46. The van der Waals surface area contributed by atoms with Crippen molar-refractivity contribution in [2.45, 2.75) is 38.1 Å². The van der Waals surface area contributed by atoms with Crippen molar-refractivity contribution in [1.82, 2.24) is 14.9 Å². The Kier molecular flexibility index (Phi) is 2.28. The molecule has 0 radical (unpaired) electrons. The van der Waals surface area contributed by atoms with Crippen molar-refractivity contribution in [3.63, 3.8) is 0 Å². The monoisotopic (exact) mass is 205 g/mol. The van der Waals surface area contributed by atoms with E-state index >= 15 is 0 Å². The minimum absolute atomic E-state index is 0.791. The van der Waals surface area contributed by atoms with E-state index < -0.39 is 0 Å². The van der Waals surface area contributed by atoms with Crippen LogP contribution < -0.4 is 5.32 Å². The Bertz CT molecular complexity index is 352. The fraction of sp³-hybridized carbons (Fsp3) is 0.750. The van der Waals surface area contributed by atoms with Crippen molar-refractivity contribution in [3.05, 3.63) is 17.7 Å². The highest BCUT2D eigenvalue weighted by Crippen LogP contribution is 2.40. The average Bonchev–Trinajstić information content (AvgIpc) is 3.00. The van der Waals surface area contributed by atoms with E-state index in [-0.39, 0.29) is 0 Å². The van der Waals surface area contributed by atoms with Crippen LogP contribution in [-0.2, 0) is 13.0 Å². The van der Waals surface area contributed by atoms with Gasteiger partial charge in [-0.3, -0.25) is 0 Å². The zero-order valence-electron chi connectivity index (χ0n) is 9.37. The van der Waals surface area contributed by atoms with E-state index in [9.17, 15) is 0 Å². The molecular weight excluding hydrogens is 186 g/mol. The van der Waals surface area contributed by atoms with Gasteiger partial charge in [0.2, 0.25) is 0 Å². The first-order valence-electron chi connectivity index (χ1n) is 6.07. The van der Waals surface area contributed by atoms with E-state index in [0.717, 1.165) is 18.4 Å². The number of hydrogen-bond acceptors (Lipinski definition) is 2. The molecule has 3 rings (SSSR count). The van der Waals surface area contributed by atoms with Crippen LogP contribution in [0.15, 0.2) is 6.20 Å². The number of fused-ring (bicyclic) bond motifs is 1. The van der Waals surface area contributed by atoms with Gasteiger partial charge in [0, 0.05) is 24.4 Å². The summed E-state index contributed by atoms with van der Waals surface area (Å²) in [6.45, 7) is 2.33. The third kappa shape index (κ3) is 1.69. The largest absolute Gasteiger partial charge is 0.332 e. The van der Waals surface area contributed by atoms with Crippen LogP contribution in [0.3, 0.4) is 0 Å². The van der Waals surface area contributed by atoms with Crippen molar-refractivity contribution in [2.75, 3.05) is 13.6 Å². The maximum absolute atomic E-state index is 4.60. The molecular formula is C12H19N3. The smallest absolute Gasteiger partial charge is 0.111 e. The van der Waals surface area contributed by atoms with Crippen LogP contribution in [0.2, 0.25) is 0 Å². The summed E-state index contributed by atoms with van der Waals surface area (Å²) >= 11 is 0. The van der Waals surface area contributed by atoms with Gasteiger partial charge < -0.3 is 9.88 Å². The zero-order chi connectivity index (χ0) is 10.3. The molecule has 0 saturated heterocycles. The van der Waals surface area contributed by atoms with E-state index in [4.69, 9.17) is 0 Å². The Morgan fingerprint density at radius 3 is 3.07 bits per heavy atom. The van der Waals surface area contributed by atoms with Gasteiger partial charge in [0.1, 0.15) is 5.82 Å². The Labute approximate surface area is 90.9 Å². The molecule has 1 fully saturated rings. The molecule has 1 aliphatic heterocycles. The highest BCUT2D eigenvalue weighted by atomic mass is 15.1. The highest BCUT2D eigenvalue weighted by molar-refractivity contribution is 5.15. The van der Waals surface area contributed by atoms with Gasteiger partial charge in [0.15, 0.2) is 0 Å². The van der Waals surface area contributed by atoms with Gasteiger partial charge in [0.05, 0.1) is 0 Å². The Morgan fingerprint density at radius 2 is 2.33 bits per heavy atom. The normalized spacial score (nSPS) is 25.3. The minimum atomic E-state index is 0.791. The number of aromatic nitrogens is 2. The Morgan fingerprint density at radius 1 is 1.47 bits per heavy atom. The summed E-state index contributed by atoms with van der Waals surface area (Å²) in [7, 11) is 2.04. The summed E-state index contributed by atoms with van der Waals surface area (Å²) in [5.74, 6) is 2.97. The molecule has 0 aromatic carbocycles. The SMILES string of the molecule is CNCC1CCn2c(cnc2C2CC2)C1. The van der Waals surface area contributed by atoms with Gasteiger partial charge in [-0.05, 0) is 45.2 Å². The summed E-state index contributed by atoms with van der Waals surface area (Å²) in [5, 5.41) is 3.28. The van der Waals surface area contributed by atoms with Gasteiger partial charge >= 0.3 is 0 Å². The fourth-order valence-corrected chi connectivity index (χ4v) is 2.69. The number of imidazole rings is 1. The van der Waals surface area contributed by atoms with Crippen molar-refractivity contribution >= 4 is 0 Å². The molecule has 1 aromatic heterocycles. The molecule has 82 valence electrons. The number of nitrogens with zero attached hydrogens (tertiary/aromatic N) is 2. The molecule has 1 aromatic rings. The lowest BCUT2D eigenvalue weighted by molar-refractivity contribution is 0.373. The first-order valence-corrected chi connectivity index (χ1v) is 6.07. The van der Waals surface area contributed by atoms with E-state index in [2.05, 4.69) is 21.1 Å². The first kappa shape index (κ1) is 9.40. The predicted molar refractivity (Wildman–Crippen MR) is 59.9 cm³/mol. The minimum Gasteiger partial charge on any atom is -0.332 e. The van der Waals surface area contributed by atoms with Crippen LogP contribution >= 0.6 is 0 Å². The summed E-state index contributed by atoms with van der Waals surface area (Å²) in [4.78, 5) is 4.60. The third-order valence-corrected chi connectivity index (χ3v) is 3.66. The first-order chi connectivity index (χ1) is 7.38. The van der Waals surface area contributed by atoms with E-state index in [1.165, 1.54) is 43.7 Å². The van der Waals surface area contributed by atoms with Crippen molar-refractivity contribution in [1.29, 1.82) is 0 Å². The van der Waals surface area contributed by atoms with Crippen LogP contribution in [0.25, 0.3) is 0 Å². The van der Waals surface area contributed by atoms with Gasteiger partial charge in [-0.2, -0.15) is 0 Å². The molecule has 15 heavy (non-hydrogen) atoms. The molecule has 1 unspecified atom stereocenters.